The SMILES string of the molecule is COCCN1CC2(CCC2)CC1C. The van der Waals surface area contributed by atoms with Gasteiger partial charge in [0, 0.05) is 26.2 Å². The van der Waals surface area contributed by atoms with E-state index in [1.54, 1.807) is 7.11 Å². The molecule has 2 nitrogen and oxygen atoms in total. The topological polar surface area (TPSA) is 12.5 Å². The molecule has 0 N–H and O–H groups in total. The zero-order chi connectivity index (χ0) is 9.31. The van der Waals surface area contributed by atoms with E-state index in [1.807, 2.05) is 0 Å². The van der Waals surface area contributed by atoms with E-state index in [4.69, 9.17) is 4.74 Å². The molecular weight excluding hydrogens is 162 g/mol. The van der Waals surface area contributed by atoms with E-state index in [9.17, 15) is 0 Å². The summed E-state index contributed by atoms with van der Waals surface area (Å²) in [5.74, 6) is 0. The molecule has 0 radical (unpaired) electrons. The number of likely N-dealkylation sites (tertiary alicyclic amines) is 1. The summed E-state index contributed by atoms with van der Waals surface area (Å²) < 4.78 is 5.13. The first-order valence-corrected chi connectivity index (χ1v) is 5.49. The zero-order valence-electron chi connectivity index (χ0n) is 8.88. The van der Waals surface area contributed by atoms with Crippen LogP contribution in [0.1, 0.15) is 32.6 Å². The van der Waals surface area contributed by atoms with Crippen molar-refractivity contribution in [3.63, 3.8) is 0 Å². The fourth-order valence-electron chi connectivity index (χ4n) is 2.95. The van der Waals surface area contributed by atoms with Gasteiger partial charge in [-0.1, -0.05) is 6.42 Å². The molecule has 76 valence electrons. The van der Waals surface area contributed by atoms with E-state index in [1.165, 1.54) is 32.2 Å². The summed E-state index contributed by atoms with van der Waals surface area (Å²) in [6.07, 6.45) is 5.84. The molecule has 1 atom stereocenters. The molecule has 0 aromatic carbocycles. The first-order valence-electron chi connectivity index (χ1n) is 5.49. The third kappa shape index (κ3) is 1.75. The molecule has 1 aliphatic carbocycles. The molecule has 1 aliphatic heterocycles. The smallest absolute Gasteiger partial charge is 0.0589 e. The minimum absolute atomic E-state index is 0.729. The lowest BCUT2D eigenvalue weighted by Gasteiger charge is -2.38. The standard InChI is InChI=1S/C11H21NO/c1-10-8-11(4-3-5-11)9-12(10)6-7-13-2/h10H,3-9H2,1-2H3. The van der Waals surface area contributed by atoms with Gasteiger partial charge in [-0.25, -0.2) is 0 Å². The highest BCUT2D eigenvalue weighted by atomic mass is 16.5. The van der Waals surface area contributed by atoms with Gasteiger partial charge in [0.15, 0.2) is 0 Å². The number of rotatable bonds is 3. The minimum Gasteiger partial charge on any atom is -0.383 e. The van der Waals surface area contributed by atoms with Crippen LogP contribution >= 0.6 is 0 Å². The lowest BCUT2D eigenvalue weighted by atomic mass is 9.68. The summed E-state index contributed by atoms with van der Waals surface area (Å²) in [6, 6.07) is 0.787. The largest absolute Gasteiger partial charge is 0.383 e. The maximum Gasteiger partial charge on any atom is 0.0589 e. The predicted molar refractivity (Wildman–Crippen MR) is 53.8 cm³/mol. The van der Waals surface area contributed by atoms with E-state index >= 15 is 0 Å². The Bertz CT molecular complexity index is 177. The molecule has 0 amide bonds. The minimum atomic E-state index is 0.729. The second-order valence-corrected chi connectivity index (χ2v) is 4.87. The van der Waals surface area contributed by atoms with Crippen LogP contribution in [-0.2, 0) is 4.74 Å². The summed E-state index contributed by atoms with van der Waals surface area (Å²) in [6.45, 7) is 5.71. The van der Waals surface area contributed by atoms with E-state index in [0.29, 0.717) is 0 Å². The molecule has 0 aromatic heterocycles. The quantitative estimate of drug-likeness (QED) is 0.662. The molecule has 2 heteroatoms. The van der Waals surface area contributed by atoms with E-state index in [0.717, 1.165) is 24.6 Å². The lowest BCUT2D eigenvalue weighted by molar-refractivity contribution is 0.115. The third-order valence-electron chi connectivity index (χ3n) is 3.89. The Balaban J connectivity index is 1.84. The van der Waals surface area contributed by atoms with Gasteiger partial charge >= 0.3 is 0 Å². The summed E-state index contributed by atoms with van der Waals surface area (Å²) in [5, 5.41) is 0. The third-order valence-corrected chi connectivity index (χ3v) is 3.89. The summed E-state index contributed by atoms with van der Waals surface area (Å²) >= 11 is 0. The summed E-state index contributed by atoms with van der Waals surface area (Å²) in [7, 11) is 1.79. The molecule has 2 aliphatic rings. The van der Waals surface area contributed by atoms with Crippen LogP contribution in [0.5, 0.6) is 0 Å². The number of hydrogen-bond acceptors (Lipinski definition) is 2. The molecule has 1 heterocycles. The van der Waals surface area contributed by atoms with Crippen LogP contribution in [0.4, 0.5) is 0 Å². The van der Waals surface area contributed by atoms with Crippen molar-refractivity contribution in [2.75, 3.05) is 26.8 Å². The van der Waals surface area contributed by atoms with Crippen LogP contribution in [-0.4, -0.2) is 37.7 Å². The molecule has 1 saturated heterocycles. The zero-order valence-corrected chi connectivity index (χ0v) is 8.88. The van der Waals surface area contributed by atoms with Crippen molar-refractivity contribution in [1.29, 1.82) is 0 Å². The number of methoxy groups -OCH3 is 1. The van der Waals surface area contributed by atoms with Crippen molar-refractivity contribution < 1.29 is 4.74 Å². The first-order chi connectivity index (χ1) is 6.26. The van der Waals surface area contributed by atoms with Gasteiger partial charge in [0.2, 0.25) is 0 Å². The Labute approximate surface area is 81.3 Å². The van der Waals surface area contributed by atoms with Crippen molar-refractivity contribution >= 4 is 0 Å². The van der Waals surface area contributed by atoms with Gasteiger partial charge in [0.25, 0.3) is 0 Å². The van der Waals surface area contributed by atoms with Crippen LogP contribution in [0.3, 0.4) is 0 Å². The fraction of sp³-hybridized carbons (Fsp3) is 1.00. The highest BCUT2D eigenvalue weighted by molar-refractivity contribution is 4.98. The van der Waals surface area contributed by atoms with Gasteiger partial charge < -0.3 is 4.74 Å². The Kier molecular flexibility index (Phi) is 2.61. The van der Waals surface area contributed by atoms with E-state index in [2.05, 4.69) is 11.8 Å². The van der Waals surface area contributed by atoms with Crippen LogP contribution in [0.15, 0.2) is 0 Å². The summed E-state index contributed by atoms with van der Waals surface area (Å²) in [5.41, 5.74) is 0.729. The molecule has 1 spiro atoms. The Hall–Kier alpha value is -0.0800. The van der Waals surface area contributed by atoms with Gasteiger partial charge in [0.05, 0.1) is 6.61 Å². The number of hydrogen-bond donors (Lipinski definition) is 0. The monoisotopic (exact) mass is 183 g/mol. The predicted octanol–water partition coefficient (Wildman–Crippen LogP) is 1.90. The highest BCUT2D eigenvalue weighted by Crippen LogP contribution is 2.49. The van der Waals surface area contributed by atoms with Crippen LogP contribution in [0, 0.1) is 5.41 Å². The van der Waals surface area contributed by atoms with Crippen molar-refractivity contribution in [1.82, 2.24) is 4.90 Å². The summed E-state index contributed by atoms with van der Waals surface area (Å²) in [4.78, 5) is 2.60. The Morgan fingerprint density at radius 3 is 2.69 bits per heavy atom. The average molecular weight is 183 g/mol. The maximum absolute atomic E-state index is 5.13. The Morgan fingerprint density at radius 1 is 1.46 bits per heavy atom. The van der Waals surface area contributed by atoms with Crippen molar-refractivity contribution in [3.05, 3.63) is 0 Å². The lowest BCUT2D eigenvalue weighted by Crippen LogP contribution is -2.35. The maximum atomic E-state index is 5.13. The van der Waals surface area contributed by atoms with Gasteiger partial charge in [0.1, 0.15) is 0 Å². The van der Waals surface area contributed by atoms with Crippen LogP contribution < -0.4 is 0 Å². The van der Waals surface area contributed by atoms with E-state index in [-0.39, 0.29) is 0 Å². The highest BCUT2D eigenvalue weighted by Gasteiger charge is 2.45. The van der Waals surface area contributed by atoms with Crippen LogP contribution in [0.25, 0.3) is 0 Å². The van der Waals surface area contributed by atoms with Crippen molar-refractivity contribution in [2.24, 2.45) is 5.41 Å². The van der Waals surface area contributed by atoms with Gasteiger partial charge in [-0.3, -0.25) is 4.90 Å². The molecule has 13 heavy (non-hydrogen) atoms. The molecule has 2 fully saturated rings. The Morgan fingerprint density at radius 2 is 2.23 bits per heavy atom. The second kappa shape index (κ2) is 3.58. The fourth-order valence-corrected chi connectivity index (χ4v) is 2.95. The number of ether oxygens (including phenoxy) is 1. The second-order valence-electron chi connectivity index (χ2n) is 4.87. The number of nitrogens with zero attached hydrogens (tertiary/aromatic N) is 1. The van der Waals surface area contributed by atoms with Crippen molar-refractivity contribution in [2.45, 2.75) is 38.6 Å². The van der Waals surface area contributed by atoms with Gasteiger partial charge in [-0.05, 0) is 31.6 Å². The van der Waals surface area contributed by atoms with Gasteiger partial charge in [-0.15, -0.1) is 0 Å². The van der Waals surface area contributed by atoms with Crippen LogP contribution in [0.2, 0.25) is 0 Å². The average Bonchev–Trinajstić information content (AvgIpc) is 2.39. The molecule has 2 rings (SSSR count). The normalized spacial score (nSPS) is 32.3. The molecule has 1 saturated carbocycles. The van der Waals surface area contributed by atoms with E-state index < -0.39 is 0 Å². The molecular formula is C11H21NO. The molecule has 0 aromatic rings. The van der Waals surface area contributed by atoms with Gasteiger partial charge in [-0.2, -0.15) is 0 Å². The molecule has 1 unspecified atom stereocenters. The molecule has 0 bridgehead atoms. The van der Waals surface area contributed by atoms with Crippen molar-refractivity contribution in [3.8, 4) is 0 Å². The first kappa shape index (κ1) is 9.47.